The van der Waals surface area contributed by atoms with E-state index < -0.39 is 17.1 Å². The van der Waals surface area contributed by atoms with Crippen LogP contribution in [0.4, 0.5) is 0 Å². The first kappa shape index (κ1) is 17.0. The fraction of sp³-hybridized carbons (Fsp3) is 0.600. The number of pyridine rings is 1. The Morgan fingerprint density at radius 3 is 2.86 bits per heavy atom. The Bertz CT molecular complexity index is 603. The largest absolute Gasteiger partial charge is 0.396 e. The van der Waals surface area contributed by atoms with Crippen molar-refractivity contribution >= 4 is 17.5 Å². The summed E-state index contributed by atoms with van der Waals surface area (Å²) in [5.74, 6) is -0.291. The van der Waals surface area contributed by atoms with E-state index in [0.717, 1.165) is 12.8 Å². The van der Waals surface area contributed by atoms with E-state index in [1.54, 1.807) is 0 Å². The zero-order valence-corrected chi connectivity index (χ0v) is 13.3. The van der Waals surface area contributed by atoms with Crippen molar-refractivity contribution in [3.8, 4) is 0 Å². The van der Waals surface area contributed by atoms with Gasteiger partial charge in [-0.15, -0.1) is 0 Å². The number of piperidine rings is 1. The summed E-state index contributed by atoms with van der Waals surface area (Å²) in [6.45, 7) is 2.53. The first-order chi connectivity index (χ1) is 10.4. The molecule has 122 valence electrons. The molecule has 3 N–H and O–H groups in total. The highest BCUT2D eigenvalue weighted by Gasteiger charge is 2.42. The van der Waals surface area contributed by atoms with Crippen LogP contribution >= 0.6 is 11.6 Å². The summed E-state index contributed by atoms with van der Waals surface area (Å²) in [5, 5.41) is 20.0. The molecule has 1 amide bonds. The smallest absolute Gasteiger partial charge is 0.266 e. The second-order valence-corrected chi connectivity index (χ2v) is 6.26. The number of β-amino-alcohol motifs (C(OH)–C–C–N with tert-alkyl or cyclic N) is 1. The zero-order chi connectivity index (χ0) is 16.3. The van der Waals surface area contributed by atoms with Crippen molar-refractivity contribution in [2.45, 2.75) is 32.3 Å². The fourth-order valence-electron chi connectivity index (χ4n) is 3.02. The topological polar surface area (TPSA) is 93.6 Å². The number of likely N-dealkylation sites (tertiary alicyclic amines) is 1. The summed E-state index contributed by atoms with van der Waals surface area (Å²) in [7, 11) is 0. The summed E-state index contributed by atoms with van der Waals surface area (Å²) in [4.78, 5) is 27.6. The van der Waals surface area contributed by atoms with Gasteiger partial charge in [0.15, 0.2) is 0 Å². The molecule has 0 aromatic carbocycles. The molecule has 6 nitrogen and oxygen atoms in total. The SMILES string of the molecule is CCC[C@]1(CO)CCN(C(=O)c2c[nH]c(=O)c(Cl)c2)C[C@H]1O. The lowest BCUT2D eigenvalue weighted by molar-refractivity contribution is -0.0713. The number of nitrogens with one attached hydrogen (secondary N) is 1. The molecule has 2 rings (SSSR count). The van der Waals surface area contributed by atoms with Gasteiger partial charge in [0.2, 0.25) is 0 Å². The first-order valence-corrected chi connectivity index (χ1v) is 7.78. The number of amides is 1. The molecule has 1 aromatic rings. The number of nitrogens with zero attached hydrogens (tertiary/aromatic N) is 1. The van der Waals surface area contributed by atoms with Gasteiger partial charge in [-0.05, 0) is 18.9 Å². The van der Waals surface area contributed by atoms with Crippen molar-refractivity contribution in [2.75, 3.05) is 19.7 Å². The average Bonchev–Trinajstić information content (AvgIpc) is 2.51. The third-order valence-electron chi connectivity index (χ3n) is 4.43. The van der Waals surface area contributed by atoms with E-state index in [9.17, 15) is 19.8 Å². The number of hydrogen-bond acceptors (Lipinski definition) is 4. The second-order valence-electron chi connectivity index (χ2n) is 5.85. The highest BCUT2D eigenvalue weighted by molar-refractivity contribution is 6.30. The van der Waals surface area contributed by atoms with Gasteiger partial charge in [-0.2, -0.15) is 0 Å². The quantitative estimate of drug-likeness (QED) is 0.769. The van der Waals surface area contributed by atoms with Crippen molar-refractivity contribution in [1.29, 1.82) is 0 Å². The van der Waals surface area contributed by atoms with Gasteiger partial charge in [0, 0.05) is 24.7 Å². The van der Waals surface area contributed by atoms with E-state index in [-0.39, 0.29) is 29.6 Å². The maximum absolute atomic E-state index is 12.4. The molecular weight excluding hydrogens is 308 g/mol. The molecule has 2 heterocycles. The highest BCUT2D eigenvalue weighted by atomic mass is 35.5. The van der Waals surface area contributed by atoms with E-state index in [1.807, 2.05) is 6.92 Å². The van der Waals surface area contributed by atoms with E-state index in [4.69, 9.17) is 11.6 Å². The molecular formula is C15H21ClN2O4. The molecule has 0 bridgehead atoms. The summed E-state index contributed by atoms with van der Waals surface area (Å²) < 4.78 is 0. The molecule has 0 spiro atoms. The molecule has 0 saturated carbocycles. The molecule has 1 aliphatic rings. The summed E-state index contributed by atoms with van der Waals surface area (Å²) in [6, 6.07) is 1.33. The van der Waals surface area contributed by atoms with Crippen molar-refractivity contribution < 1.29 is 15.0 Å². The van der Waals surface area contributed by atoms with Gasteiger partial charge in [-0.3, -0.25) is 9.59 Å². The van der Waals surface area contributed by atoms with Gasteiger partial charge in [0.1, 0.15) is 5.02 Å². The van der Waals surface area contributed by atoms with E-state index in [1.165, 1.54) is 17.2 Å². The number of aliphatic hydroxyl groups excluding tert-OH is 2. The number of aliphatic hydroxyl groups is 2. The zero-order valence-electron chi connectivity index (χ0n) is 12.5. The minimum Gasteiger partial charge on any atom is -0.396 e. The Morgan fingerprint density at radius 2 is 2.32 bits per heavy atom. The van der Waals surface area contributed by atoms with Crippen LogP contribution in [0.1, 0.15) is 36.5 Å². The lowest BCUT2D eigenvalue weighted by atomic mass is 9.73. The Kier molecular flexibility index (Phi) is 5.26. The maximum Gasteiger partial charge on any atom is 0.266 e. The molecule has 7 heteroatoms. The summed E-state index contributed by atoms with van der Waals surface area (Å²) in [5.41, 5.74) is -0.698. The Morgan fingerprint density at radius 1 is 1.59 bits per heavy atom. The maximum atomic E-state index is 12.4. The number of aromatic nitrogens is 1. The van der Waals surface area contributed by atoms with Gasteiger partial charge in [-0.25, -0.2) is 0 Å². The number of carbonyl (C=O) groups is 1. The molecule has 22 heavy (non-hydrogen) atoms. The minimum atomic E-state index is -0.770. The number of halogens is 1. The first-order valence-electron chi connectivity index (χ1n) is 7.40. The molecule has 2 atom stereocenters. The van der Waals surface area contributed by atoms with Crippen LogP contribution < -0.4 is 5.56 Å². The Labute approximate surface area is 133 Å². The van der Waals surface area contributed by atoms with Gasteiger partial charge in [0.25, 0.3) is 11.5 Å². The van der Waals surface area contributed by atoms with Gasteiger partial charge < -0.3 is 20.1 Å². The van der Waals surface area contributed by atoms with E-state index in [2.05, 4.69) is 4.98 Å². The molecule has 1 fully saturated rings. The summed E-state index contributed by atoms with van der Waals surface area (Å²) in [6.07, 6.45) is 2.68. The van der Waals surface area contributed by atoms with Crippen molar-refractivity contribution in [3.63, 3.8) is 0 Å². The third-order valence-corrected chi connectivity index (χ3v) is 4.72. The van der Waals surface area contributed by atoms with Crippen LogP contribution in [0, 0.1) is 5.41 Å². The van der Waals surface area contributed by atoms with Crippen LogP contribution in [-0.4, -0.2) is 51.8 Å². The monoisotopic (exact) mass is 328 g/mol. The molecule has 1 aromatic heterocycles. The molecule has 0 radical (unpaired) electrons. The van der Waals surface area contributed by atoms with Crippen molar-refractivity contribution in [1.82, 2.24) is 9.88 Å². The van der Waals surface area contributed by atoms with Gasteiger partial charge in [-0.1, -0.05) is 24.9 Å². The standard InChI is InChI=1S/C15H21ClN2O4/c1-2-3-15(9-19)4-5-18(8-12(15)20)14(22)10-6-11(16)13(21)17-7-10/h6-7,12,19-20H,2-5,8-9H2,1H3,(H,17,21)/t12-,15-/m1/s1. The second kappa shape index (κ2) is 6.81. The minimum absolute atomic E-state index is 0.0425. The number of aromatic amines is 1. The number of H-pyrrole nitrogens is 1. The van der Waals surface area contributed by atoms with E-state index >= 15 is 0 Å². The van der Waals surface area contributed by atoms with Crippen LogP contribution in [0.3, 0.4) is 0 Å². The Balaban J connectivity index is 2.14. The third kappa shape index (κ3) is 3.19. The molecule has 1 aliphatic heterocycles. The van der Waals surface area contributed by atoms with Crippen LogP contribution in [-0.2, 0) is 0 Å². The molecule has 1 saturated heterocycles. The predicted octanol–water partition coefficient (Wildman–Crippen LogP) is 1.01. The average molecular weight is 329 g/mol. The number of carbonyl (C=O) groups excluding carboxylic acids is 1. The highest BCUT2D eigenvalue weighted by Crippen LogP contribution is 2.36. The van der Waals surface area contributed by atoms with Gasteiger partial charge in [0.05, 0.1) is 18.3 Å². The number of hydrogen-bond donors (Lipinski definition) is 3. The lowest BCUT2D eigenvalue weighted by Crippen LogP contribution is -2.54. The summed E-state index contributed by atoms with van der Waals surface area (Å²) >= 11 is 5.74. The lowest BCUT2D eigenvalue weighted by Gasteiger charge is -2.44. The molecule has 0 unspecified atom stereocenters. The molecule has 0 aliphatic carbocycles. The van der Waals surface area contributed by atoms with Crippen LogP contribution in [0.25, 0.3) is 0 Å². The number of rotatable bonds is 4. The van der Waals surface area contributed by atoms with Crippen LogP contribution in [0.5, 0.6) is 0 Å². The predicted molar refractivity (Wildman–Crippen MR) is 83.0 cm³/mol. The van der Waals surface area contributed by atoms with Crippen LogP contribution in [0.2, 0.25) is 5.02 Å². The van der Waals surface area contributed by atoms with Crippen molar-refractivity contribution in [3.05, 3.63) is 33.2 Å². The van der Waals surface area contributed by atoms with E-state index in [0.29, 0.717) is 13.0 Å². The fourth-order valence-corrected chi connectivity index (χ4v) is 3.19. The van der Waals surface area contributed by atoms with Gasteiger partial charge >= 0.3 is 0 Å². The Hall–Kier alpha value is -1.37. The van der Waals surface area contributed by atoms with Crippen LogP contribution in [0.15, 0.2) is 17.1 Å². The normalized spacial score (nSPS) is 25.3. The van der Waals surface area contributed by atoms with Crippen molar-refractivity contribution in [2.24, 2.45) is 5.41 Å².